The van der Waals surface area contributed by atoms with Crippen LogP contribution in [-0.2, 0) is 22.4 Å². The zero-order valence-corrected chi connectivity index (χ0v) is 15.8. The van der Waals surface area contributed by atoms with Gasteiger partial charge in [0.25, 0.3) is 0 Å². The standard InChI is InChI=1S/2C8H8O2.C7H8O2/c2*9-8(10)6-7-4-2-1-3-5-7;8-7(9)6-4-2-1-3-5-6/h2*1-5H,6H2,(H,9,10);1-5,7-9H. The lowest BCUT2D eigenvalue weighted by Gasteiger charge is -1.99. The van der Waals surface area contributed by atoms with E-state index in [1.807, 2.05) is 42.5 Å². The summed E-state index contributed by atoms with van der Waals surface area (Å²) in [4.78, 5) is 20.3. The Labute approximate surface area is 169 Å². The number of rotatable bonds is 5. The van der Waals surface area contributed by atoms with E-state index in [1.54, 1.807) is 48.5 Å². The summed E-state index contributed by atoms with van der Waals surface area (Å²) in [6.07, 6.45) is -1.12. The van der Waals surface area contributed by atoms with Crippen LogP contribution in [0.4, 0.5) is 0 Å². The molecule has 4 N–H and O–H groups in total. The van der Waals surface area contributed by atoms with Gasteiger partial charge in [-0.2, -0.15) is 0 Å². The Morgan fingerprint density at radius 2 is 0.897 bits per heavy atom. The van der Waals surface area contributed by atoms with Gasteiger partial charge in [0.2, 0.25) is 0 Å². The number of benzene rings is 3. The van der Waals surface area contributed by atoms with Crippen LogP contribution in [-0.4, -0.2) is 32.4 Å². The van der Waals surface area contributed by atoms with E-state index in [9.17, 15) is 9.59 Å². The van der Waals surface area contributed by atoms with Gasteiger partial charge >= 0.3 is 11.9 Å². The summed E-state index contributed by atoms with van der Waals surface area (Å²) in [5.41, 5.74) is 2.21. The Morgan fingerprint density at radius 3 is 1.14 bits per heavy atom. The number of hydrogen-bond acceptors (Lipinski definition) is 4. The first-order valence-corrected chi connectivity index (χ1v) is 8.81. The predicted molar refractivity (Wildman–Crippen MR) is 109 cm³/mol. The molecule has 29 heavy (non-hydrogen) atoms. The summed E-state index contributed by atoms with van der Waals surface area (Å²) in [6.45, 7) is 0. The van der Waals surface area contributed by atoms with Crippen molar-refractivity contribution >= 4 is 11.9 Å². The molecule has 6 heteroatoms. The maximum Gasteiger partial charge on any atom is 0.307 e. The number of carboxylic acids is 2. The molecule has 0 aromatic heterocycles. The van der Waals surface area contributed by atoms with Crippen LogP contribution in [0.1, 0.15) is 23.0 Å². The summed E-state index contributed by atoms with van der Waals surface area (Å²) in [5.74, 6) is -1.57. The number of aliphatic carboxylic acids is 2. The van der Waals surface area contributed by atoms with Gasteiger partial charge in [0.1, 0.15) is 0 Å². The minimum absolute atomic E-state index is 0.112. The molecule has 0 aliphatic rings. The van der Waals surface area contributed by atoms with E-state index < -0.39 is 18.2 Å². The molecule has 0 fully saturated rings. The van der Waals surface area contributed by atoms with E-state index in [1.165, 1.54) is 0 Å². The van der Waals surface area contributed by atoms with Gasteiger partial charge in [0, 0.05) is 5.56 Å². The third kappa shape index (κ3) is 11.8. The SMILES string of the molecule is O=C(O)Cc1ccccc1.O=C(O)Cc1ccccc1.OC(O)c1ccccc1. The number of carboxylic acid groups (broad SMARTS) is 2. The summed E-state index contributed by atoms with van der Waals surface area (Å²) < 4.78 is 0. The second kappa shape index (κ2) is 13.7. The van der Waals surface area contributed by atoms with Crippen molar-refractivity contribution in [3.63, 3.8) is 0 Å². The molecule has 0 spiro atoms. The van der Waals surface area contributed by atoms with E-state index in [0.29, 0.717) is 5.56 Å². The first-order chi connectivity index (χ1) is 13.9. The summed E-state index contributed by atoms with van der Waals surface area (Å²) in [7, 11) is 0. The number of carbonyl (C=O) groups is 2. The molecule has 0 unspecified atom stereocenters. The van der Waals surface area contributed by atoms with Gasteiger partial charge in [-0.05, 0) is 11.1 Å². The van der Waals surface area contributed by atoms with Crippen molar-refractivity contribution in [2.45, 2.75) is 19.1 Å². The van der Waals surface area contributed by atoms with Crippen LogP contribution in [0.15, 0.2) is 91.0 Å². The van der Waals surface area contributed by atoms with Gasteiger partial charge < -0.3 is 20.4 Å². The smallest absolute Gasteiger partial charge is 0.307 e. The molecule has 0 saturated carbocycles. The van der Waals surface area contributed by atoms with Gasteiger partial charge in [0.15, 0.2) is 6.29 Å². The molecule has 0 amide bonds. The quantitative estimate of drug-likeness (QED) is 0.492. The fourth-order valence-electron chi connectivity index (χ4n) is 2.17. The Kier molecular flexibility index (Phi) is 11.1. The molecule has 0 aliphatic heterocycles. The number of hydrogen-bond donors (Lipinski definition) is 4. The largest absolute Gasteiger partial charge is 0.481 e. The minimum atomic E-state index is -1.34. The molecular formula is C23H24O6. The molecule has 0 atom stereocenters. The summed E-state index contributed by atoms with van der Waals surface area (Å²) in [5, 5.41) is 33.9. The lowest BCUT2D eigenvalue weighted by molar-refractivity contribution is -0.137. The van der Waals surface area contributed by atoms with E-state index >= 15 is 0 Å². The van der Waals surface area contributed by atoms with Gasteiger partial charge in [-0.3, -0.25) is 9.59 Å². The molecule has 3 aromatic rings. The highest BCUT2D eigenvalue weighted by atomic mass is 16.5. The van der Waals surface area contributed by atoms with Crippen LogP contribution >= 0.6 is 0 Å². The second-order valence-corrected chi connectivity index (χ2v) is 5.90. The van der Waals surface area contributed by atoms with Gasteiger partial charge in [-0.25, -0.2) is 0 Å². The van der Waals surface area contributed by atoms with Gasteiger partial charge in [0.05, 0.1) is 12.8 Å². The molecule has 0 aliphatic carbocycles. The van der Waals surface area contributed by atoms with Crippen LogP contribution in [0.2, 0.25) is 0 Å². The Balaban J connectivity index is 0.000000218. The van der Waals surface area contributed by atoms with Crippen molar-refractivity contribution < 1.29 is 30.0 Å². The lowest BCUT2D eigenvalue weighted by atomic mass is 10.2. The van der Waals surface area contributed by atoms with Crippen molar-refractivity contribution in [2.75, 3.05) is 0 Å². The van der Waals surface area contributed by atoms with Crippen LogP contribution in [0.3, 0.4) is 0 Å². The zero-order chi connectivity index (χ0) is 21.5. The molecule has 0 bridgehead atoms. The molecule has 6 nitrogen and oxygen atoms in total. The Hall–Kier alpha value is -3.48. The van der Waals surface area contributed by atoms with Crippen LogP contribution in [0, 0.1) is 0 Å². The average Bonchev–Trinajstić information content (AvgIpc) is 2.70. The van der Waals surface area contributed by atoms with Gasteiger partial charge in [-0.15, -0.1) is 0 Å². The lowest BCUT2D eigenvalue weighted by Crippen LogP contribution is -1.98. The first-order valence-electron chi connectivity index (χ1n) is 8.81. The van der Waals surface area contributed by atoms with Crippen LogP contribution in [0.25, 0.3) is 0 Å². The van der Waals surface area contributed by atoms with Crippen LogP contribution < -0.4 is 0 Å². The number of aliphatic hydroxyl groups is 2. The van der Waals surface area contributed by atoms with E-state index in [0.717, 1.165) is 11.1 Å². The fraction of sp³-hybridized carbons (Fsp3) is 0.130. The highest BCUT2D eigenvalue weighted by Crippen LogP contribution is 2.06. The molecule has 152 valence electrons. The maximum absolute atomic E-state index is 10.2. The monoisotopic (exact) mass is 396 g/mol. The van der Waals surface area contributed by atoms with E-state index in [2.05, 4.69) is 0 Å². The normalized spacial score (nSPS) is 9.48. The minimum Gasteiger partial charge on any atom is -0.481 e. The van der Waals surface area contributed by atoms with Crippen LogP contribution in [0.5, 0.6) is 0 Å². The Morgan fingerprint density at radius 1 is 0.586 bits per heavy atom. The highest BCUT2D eigenvalue weighted by Gasteiger charge is 1.98. The predicted octanol–water partition coefficient (Wildman–Crippen LogP) is 3.30. The summed E-state index contributed by atoms with van der Waals surface area (Å²) >= 11 is 0. The molecule has 0 saturated heterocycles. The van der Waals surface area contributed by atoms with E-state index in [4.69, 9.17) is 20.4 Å². The van der Waals surface area contributed by atoms with Gasteiger partial charge in [-0.1, -0.05) is 91.0 Å². The first kappa shape index (κ1) is 23.6. The topological polar surface area (TPSA) is 115 Å². The van der Waals surface area contributed by atoms with Crippen molar-refractivity contribution in [1.29, 1.82) is 0 Å². The average molecular weight is 396 g/mol. The number of aliphatic hydroxyl groups excluding tert-OH is 1. The summed E-state index contributed by atoms with van der Waals surface area (Å²) in [6, 6.07) is 26.9. The van der Waals surface area contributed by atoms with Crippen molar-refractivity contribution in [3.8, 4) is 0 Å². The molecule has 3 aromatic carbocycles. The third-order valence-electron chi connectivity index (χ3n) is 3.49. The molecule has 3 rings (SSSR count). The molecular weight excluding hydrogens is 372 g/mol. The zero-order valence-electron chi connectivity index (χ0n) is 15.8. The van der Waals surface area contributed by atoms with Crippen molar-refractivity contribution in [2.24, 2.45) is 0 Å². The molecule has 0 heterocycles. The fourth-order valence-corrected chi connectivity index (χ4v) is 2.17. The Bertz CT molecular complexity index is 782. The van der Waals surface area contributed by atoms with Crippen molar-refractivity contribution in [3.05, 3.63) is 108 Å². The van der Waals surface area contributed by atoms with Crippen molar-refractivity contribution in [1.82, 2.24) is 0 Å². The molecule has 0 radical (unpaired) electrons. The van der Waals surface area contributed by atoms with E-state index in [-0.39, 0.29) is 12.8 Å². The third-order valence-corrected chi connectivity index (χ3v) is 3.49. The second-order valence-electron chi connectivity index (χ2n) is 5.90. The maximum atomic E-state index is 10.2. The highest BCUT2D eigenvalue weighted by molar-refractivity contribution is 5.70.